The van der Waals surface area contributed by atoms with E-state index in [9.17, 15) is 4.79 Å². The molecule has 0 saturated heterocycles. The highest BCUT2D eigenvalue weighted by Crippen LogP contribution is 2.31. The molecule has 2 heterocycles. The van der Waals surface area contributed by atoms with Crippen molar-refractivity contribution in [1.82, 2.24) is 14.5 Å². The molecule has 0 N–H and O–H groups in total. The van der Waals surface area contributed by atoms with Gasteiger partial charge in [-0.25, -0.2) is 4.98 Å². The van der Waals surface area contributed by atoms with E-state index in [0.717, 1.165) is 35.5 Å². The van der Waals surface area contributed by atoms with Crippen molar-refractivity contribution >= 4 is 16.9 Å². The monoisotopic (exact) mass is 393 g/mol. The van der Waals surface area contributed by atoms with Gasteiger partial charge in [0.05, 0.1) is 23.9 Å². The lowest BCUT2D eigenvalue weighted by atomic mass is 10.1. The van der Waals surface area contributed by atoms with Crippen LogP contribution in [0.3, 0.4) is 0 Å². The number of para-hydroxylation sites is 2. The van der Waals surface area contributed by atoms with Crippen molar-refractivity contribution in [3.63, 3.8) is 0 Å². The fourth-order valence-corrected chi connectivity index (χ4v) is 3.64. The molecule has 2 aromatic carbocycles. The summed E-state index contributed by atoms with van der Waals surface area (Å²) in [5.41, 5.74) is 4.63. The van der Waals surface area contributed by atoms with E-state index < -0.39 is 0 Å². The summed E-state index contributed by atoms with van der Waals surface area (Å²) in [4.78, 5) is 18.8. The third-order valence-corrected chi connectivity index (χ3v) is 5.50. The van der Waals surface area contributed by atoms with Crippen molar-refractivity contribution in [2.75, 3.05) is 20.2 Å². The van der Waals surface area contributed by atoms with Gasteiger partial charge in [0.25, 0.3) is 0 Å². The number of ether oxygens (including phenoxy) is 2. The molecular formula is C23H27N3O3. The van der Waals surface area contributed by atoms with E-state index in [1.165, 1.54) is 11.1 Å². The predicted molar refractivity (Wildman–Crippen MR) is 112 cm³/mol. The summed E-state index contributed by atoms with van der Waals surface area (Å²) in [6.07, 6.45) is 2.97. The first kappa shape index (κ1) is 19.3. The van der Waals surface area contributed by atoms with Crippen LogP contribution in [0.5, 0.6) is 11.5 Å². The number of aromatic nitrogens is 2. The maximum atomic E-state index is 12.6. The molecule has 0 radical (unpaired) electrons. The van der Waals surface area contributed by atoms with Gasteiger partial charge in [-0.1, -0.05) is 12.1 Å². The quantitative estimate of drug-likeness (QED) is 0.640. The number of aryl methyl sites for hydroxylation is 3. The average molecular weight is 393 g/mol. The Bertz CT molecular complexity index is 1030. The van der Waals surface area contributed by atoms with Gasteiger partial charge in [0, 0.05) is 20.0 Å². The Morgan fingerprint density at radius 1 is 1.21 bits per heavy atom. The lowest BCUT2D eigenvalue weighted by molar-refractivity contribution is -0.131. The molecule has 0 aliphatic carbocycles. The Labute approximate surface area is 171 Å². The van der Waals surface area contributed by atoms with Crippen LogP contribution in [0, 0.1) is 13.8 Å². The number of imidazole rings is 1. The first-order valence-electron chi connectivity index (χ1n) is 10.1. The predicted octanol–water partition coefficient (Wildman–Crippen LogP) is 3.73. The second-order valence-corrected chi connectivity index (χ2v) is 7.74. The summed E-state index contributed by atoms with van der Waals surface area (Å²) < 4.78 is 13.8. The fourth-order valence-electron chi connectivity index (χ4n) is 3.64. The highest BCUT2D eigenvalue weighted by molar-refractivity contribution is 5.77. The Balaban J connectivity index is 1.28. The maximum absolute atomic E-state index is 12.6. The molecule has 6 heteroatoms. The Morgan fingerprint density at radius 2 is 1.97 bits per heavy atom. The third kappa shape index (κ3) is 4.21. The minimum atomic E-state index is -0.150. The summed E-state index contributed by atoms with van der Waals surface area (Å²) in [7, 11) is 1.82. The van der Waals surface area contributed by atoms with Crippen molar-refractivity contribution in [2.24, 2.45) is 0 Å². The van der Waals surface area contributed by atoms with Crippen LogP contribution < -0.4 is 9.47 Å². The van der Waals surface area contributed by atoms with Crippen LogP contribution in [0.25, 0.3) is 11.0 Å². The minimum Gasteiger partial charge on any atom is -0.486 e. The van der Waals surface area contributed by atoms with E-state index >= 15 is 0 Å². The summed E-state index contributed by atoms with van der Waals surface area (Å²) in [5, 5.41) is 0. The SMILES string of the molecule is Cc1cc2ncn(CCCC(=O)N(C)CC3COc4ccccc4O3)c2cc1C. The van der Waals surface area contributed by atoms with Gasteiger partial charge in [0.2, 0.25) is 5.91 Å². The highest BCUT2D eigenvalue weighted by Gasteiger charge is 2.23. The summed E-state index contributed by atoms with van der Waals surface area (Å²) in [6.45, 7) is 5.95. The van der Waals surface area contributed by atoms with Crippen LogP contribution in [0.1, 0.15) is 24.0 Å². The van der Waals surface area contributed by atoms with Crippen LogP contribution in [0.15, 0.2) is 42.7 Å². The Hall–Kier alpha value is -3.02. The van der Waals surface area contributed by atoms with Gasteiger partial charge in [-0.3, -0.25) is 4.79 Å². The largest absolute Gasteiger partial charge is 0.486 e. The molecule has 0 fully saturated rings. The zero-order chi connectivity index (χ0) is 20.4. The molecule has 1 unspecified atom stereocenters. The first-order chi connectivity index (χ1) is 14.0. The van der Waals surface area contributed by atoms with Crippen molar-refractivity contribution < 1.29 is 14.3 Å². The van der Waals surface area contributed by atoms with Gasteiger partial charge in [0.15, 0.2) is 17.6 Å². The minimum absolute atomic E-state index is 0.115. The lowest BCUT2D eigenvalue weighted by Gasteiger charge is -2.29. The standard InChI is InChI=1S/C23H27N3O3/c1-16-11-19-20(12-17(16)2)26(15-24-19)10-6-9-23(27)25(3)13-18-14-28-21-7-4-5-8-22(21)29-18/h4-5,7-8,11-12,15,18H,6,9-10,13-14H2,1-3H3. The van der Waals surface area contributed by atoms with E-state index in [4.69, 9.17) is 9.47 Å². The van der Waals surface area contributed by atoms with Crippen molar-refractivity contribution in [3.05, 3.63) is 53.9 Å². The van der Waals surface area contributed by atoms with Gasteiger partial charge in [-0.2, -0.15) is 0 Å². The summed E-state index contributed by atoms with van der Waals surface area (Å²) >= 11 is 0. The fraction of sp³-hybridized carbons (Fsp3) is 0.391. The molecule has 0 spiro atoms. The topological polar surface area (TPSA) is 56.6 Å². The normalized spacial score (nSPS) is 15.5. The molecule has 29 heavy (non-hydrogen) atoms. The number of amides is 1. The zero-order valence-corrected chi connectivity index (χ0v) is 17.2. The molecule has 3 aromatic rings. The number of hydrogen-bond donors (Lipinski definition) is 0. The second kappa shape index (κ2) is 8.15. The molecule has 1 aromatic heterocycles. The van der Waals surface area contributed by atoms with Crippen molar-refractivity contribution in [3.8, 4) is 11.5 Å². The second-order valence-electron chi connectivity index (χ2n) is 7.74. The molecule has 1 amide bonds. The Kier molecular flexibility index (Phi) is 5.43. The number of fused-ring (bicyclic) bond motifs is 2. The number of hydrogen-bond acceptors (Lipinski definition) is 4. The van der Waals surface area contributed by atoms with Crippen molar-refractivity contribution in [1.29, 1.82) is 0 Å². The lowest BCUT2D eigenvalue weighted by Crippen LogP contribution is -2.41. The number of carbonyl (C=O) groups is 1. The number of carbonyl (C=O) groups excluding carboxylic acids is 1. The van der Waals surface area contributed by atoms with Gasteiger partial charge < -0.3 is 18.9 Å². The molecule has 152 valence electrons. The van der Waals surface area contributed by atoms with E-state index in [2.05, 4.69) is 35.5 Å². The van der Waals surface area contributed by atoms with Crippen LogP contribution in [0.4, 0.5) is 0 Å². The number of nitrogens with zero attached hydrogens (tertiary/aromatic N) is 3. The van der Waals surface area contributed by atoms with Crippen LogP contribution in [-0.4, -0.2) is 46.7 Å². The van der Waals surface area contributed by atoms with Crippen molar-refractivity contribution in [2.45, 2.75) is 39.3 Å². The number of likely N-dealkylation sites (N-methyl/N-ethyl adjacent to an activating group) is 1. The highest BCUT2D eigenvalue weighted by atomic mass is 16.6. The van der Waals surface area contributed by atoms with E-state index in [0.29, 0.717) is 19.6 Å². The van der Waals surface area contributed by atoms with Gasteiger partial charge in [-0.15, -0.1) is 0 Å². The third-order valence-electron chi connectivity index (χ3n) is 5.50. The van der Waals surface area contributed by atoms with E-state index in [1.807, 2.05) is 37.6 Å². The first-order valence-corrected chi connectivity index (χ1v) is 10.1. The maximum Gasteiger partial charge on any atom is 0.222 e. The zero-order valence-electron chi connectivity index (χ0n) is 17.2. The molecule has 0 saturated carbocycles. The van der Waals surface area contributed by atoms with E-state index in [-0.39, 0.29) is 12.0 Å². The molecular weight excluding hydrogens is 366 g/mol. The Morgan fingerprint density at radius 3 is 2.79 bits per heavy atom. The average Bonchev–Trinajstić information content (AvgIpc) is 3.09. The van der Waals surface area contributed by atoms with E-state index in [1.54, 1.807) is 4.90 Å². The van der Waals surface area contributed by atoms with Gasteiger partial charge in [-0.05, 0) is 55.7 Å². The van der Waals surface area contributed by atoms with Crippen LogP contribution in [-0.2, 0) is 11.3 Å². The molecule has 1 atom stereocenters. The summed E-state index contributed by atoms with van der Waals surface area (Å²) in [6, 6.07) is 11.9. The molecule has 1 aliphatic heterocycles. The van der Waals surface area contributed by atoms with Crippen LogP contribution >= 0.6 is 0 Å². The van der Waals surface area contributed by atoms with Gasteiger partial charge >= 0.3 is 0 Å². The summed E-state index contributed by atoms with van der Waals surface area (Å²) in [5.74, 6) is 1.61. The smallest absolute Gasteiger partial charge is 0.222 e. The molecule has 0 bridgehead atoms. The number of benzene rings is 2. The number of rotatable bonds is 6. The van der Waals surface area contributed by atoms with Crippen LogP contribution in [0.2, 0.25) is 0 Å². The molecule has 6 nitrogen and oxygen atoms in total. The van der Waals surface area contributed by atoms with Gasteiger partial charge in [0.1, 0.15) is 6.61 Å². The molecule has 1 aliphatic rings. The molecule has 4 rings (SSSR count).